The van der Waals surface area contributed by atoms with Crippen LogP contribution >= 0.6 is 0 Å². The summed E-state index contributed by atoms with van der Waals surface area (Å²) in [5, 5.41) is 13.8. The number of aromatic amines is 1. The number of nitrogens with zero attached hydrogens (tertiary/aromatic N) is 6. The van der Waals surface area contributed by atoms with E-state index in [0.29, 0.717) is 85.0 Å². The first-order valence-electron chi connectivity index (χ1n) is 15.2. The molecule has 16 heteroatoms. The van der Waals surface area contributed by atoms with E-state index in [1.807, 2.05) is 25.2 Å². The third-order valence-corrected chi connectivity index (χ3v) is 9.00. The van der Waals surface area contributed by atoms with Gasteiger partial charge in [-0.25, -0.2) is 4.98 Å². The van der Waals surface area contributed by atoms with Crippen LogP contribution in [0, 0.1) is 10.1 Å². The number of fused-ring (bicyclic) bond motifs is 1. The molecule has 3 heterocycles. The predicted octanol–water partition coefficient (Wildman–Crippen LogP) is 2.63. The molecule has 0 spiro atoms. The number of H-pyrrole nitrogens is 1. The Morgan fingerprint density at radius 3 is 2.71 bits per heavy atom. The van der Waals surface area contributed by atoms with Crippen LogP contribution in [0.4, 0.5) is 0 Å². The second kappa shape index (κ2) is 16.0. The maximum Gasteiger partial charge on any atom is 0.305 e. The molecule has 1 aliphatic heterocycles. The summed E-state index contributed by atoms with van der Waals surface area (Å²) in [4.78, 5) is 49.7. The zero-order chi connectivity index (χ0) is 32.5. The first kappa shape index (κ1) is 34.1. The third-order valence-electron chi connectivity index (χ3n) is 7.57. The molecule has 1 N–H and O–H groups in total. The van der Waals surface area contributed by atoms with Crippen LogP contribution in [0.3, 0.4) is 0 Å². The van der Waals surface area contributed by atoms with Crippen LogP contribution in [0.5, 0.6) is 5.75 Å². The molecule has 1 unspecified atom stereocenters. The first-order valence-corrected chi connectivity index (χ1v) is 16.3. The lowest BCUT2D eigenvalue weighted by molar-refractivity contribution is -0.757. The second-order valence-corrected chi connectivity index (χ2v) is 12.3. The molecule has 0 amide bonds. The Balaban J connectivity index is 1.33. The van der Waals surface area contributed by atoms with Crippen molar-refractivity contribution in [3.8, 4) is 17.1 Å². The molecule has 1 fully saturated rings. The third kappa shape index (κ3) is 8.71. The monoisotopic (exact) mass is 647 g/mol. The van der Waals surface area contributed by atoms with Gasteiger partial charge in [-0.3, -0.25) is 19.2 Å². The summed E-state index contributed by atoms with van der Waals surface area (Å²) in [6.07, 6.45) is 3.53. The number of nitrogens with one attached hydrogen (secondary N) is 1. The lowest BCUT2D eigenvalue weighted by atomic mass is 10.1. The van der Waals surface area contributed by atoms with Gasteiger partial charge in [-0.2, -0.15) is 5.10 Å². The van der Waals surface area contributed by atoms with Gasteiger partial charge in [-0.05, 0) is 45.4 Å². The molecule has 3 aromatic rings. The predicted molar refractivity (Wildman–Crippen MR) is 167 cm³/mol. The number of likely N-dealkylation sites (N-methyl/N-ethyl adjacent to an activating group) is 1. The smallest absolute Gasteiger partial charge is 0.305 e. The fourth-order valence-corrected chi connectivity index (χ4v) is 6.41. The van der Waals surface area contributed by atoms with E-state index in [9.17, 15) is 24.3 Å². The van der Waals surface area contributed by atoms with Crippen molar-refractivity contribution in [1.29, 1.82) is 0 Å². The van der Waals surface area contributed by atoms with E-state index in [0.717, 1.165) is 12.1 Å². The van der Waals surface area contributed by atoms with Crippen LogP contribution in [0.1, 0.15) is 51.6 Å². The Hall–Kier alpha value is -3.73. The van der Waals surface area contributed by atoms with Gasteiger partial charge < -0.3 is 23.8 Å². The minimum absolute atomic E-state index is 0.0239. The van der Waals surface area contributed by atoms with Gasteiger partial charge >= 0.3 is 5.97 Å². The molecular formula is C29H41N7O8S. The largest absolute Gasteiger partial charge is 0.593 e. The highest BCUT2D eigenvalue weighted by molar-refractivity contribution is 7.89. The summed E-state index contributed by atoms with van der Waals surface area (Å²) in [6, 6.07) is 5.43. The highest BCUT2D eigenvalue weighted by atomic mass is 32.2. The van der Waals surface area contributed by atoms with E-state index in [-0.39, 0.29) is 37.2 Å². The molecule has 0 bridgehead atoms. The van der Waals surface area contributed by atoms with Crippen LogP contribution in [-0.4, -0.2) is 97.1 Å². The average molecular weight is 648 g/mol. The number of unbranched alkanes of at least 4 members (excludes halogenated alkanes) is 2. The van der Waals surface area contributed by atoms with E-state index in [4.69, 9.17) is 14.5 Å². The summed E-state index contributed by atoms with van der Waals surface area (Å²) in [7, 11) is 3.66. The van der Waals surface area contributed by atoms with Crippen molar-refractivity contribution in [2.45, 2.75) is 63.3 Å². The van der Waals surface area contributed by atoms with E-state index in [1.165, 1.54) is 0 Å². The lowest BCUT2D eigenvalue weighted by Gasteiger charge is -2.42. The zero-order valence-corrected chi connectivity index (χ0v) is 27.0. The number of aryl methyl sites for hydroxylation is 2. The van der Waals surface area contributed by atoms with Crippen molar-refractivity contribution < 1.29 is 28.7 Å². The molecule has 0 aliphatic carbocycles. The quantitative estimate of drug-likeness (QED) is 0.0702. The van der Waals surface area contributed by atoms with Gasteiger partial charge in [0, 0.05) is 32.1 Å². The molecule has 45 heavy (non-hydrogen) atoms. The van der Waals surface area contributed by atoms with Gasteiger partial charge in [0.25, 0.3) is 10.6 Å². The molecule has 4 rings (SSSR count). The van der Waals surface area contributed by atoms with Crippen LogP contribution in [0.15, 0.2) is 27.9 Å². The summed E-state index contributed by atoms with van der Waals surface area (Å²) in [5.74, 6) is 0.558. The molecule has 1 atom stereocenters. The van der Waals surface area contributed by atoms with Gasteiger partial charge in [-0.15, -0.1) is 14.4 Å². The van der Waals surface area contributed by atoms with E-state index >= 15 is 0 Å². The minimum Gasteiger partial charge on any atom is -0.593 e. The normalized spacial score (nSPS) is 14.4. The van der Waals surface area contributed by atoms with Gasteiger partial charge in [-0.1, -0.05) is 19.8 Å². The molecule has 1 aliphatic rings. The Kier molecular flexibility index (Phi) is 12.2. The Labute approximate surface area is 264 Å². The van der Waals surface area contributed by atoms with Gasteiger partial charge in [0.15, 0.2) is 10.4 Å². The summed E-state index contributed by atoms with van der Waals surface area (Å²) < 4.78 is 28.1. The van der Waals surface area contributed by atoms with Crippen molar-refractivity contribution in [3.63, 3.8) is 0 Å². The van der Waals surface area contributed by atoms with Crippen LogP contribution in [-0.2, 0) is 39.2 Å². The standard InChI is InChI=1S/C29H41N7O8S/c1-5-10-23-26-27(34(4)32-23)29(38)31-28(30-26)22-17-21(12-13-24(22)42-6-2)45(41)35-18-20(19-35)33(3)14-16-43-25(37)11-8-7-9-15-44-36(39)40/h12-13,17,20H,5-11,14-16,18-19H2,1-4H3,(H,30,31,38). The highest BCUT2D eigenvalue weighted by Crippen LogP contribution is 2.33. The number of carbonyl (C=O) groups is 1. The lowest BCUT2D eigenvalue weighted by Crippen LogP contribution is -2.60. The zero-order valence-electron chi connectivity index (χ0n) is 26.2. The maximum absolute atomic E-state index is 13.5. The summed E-state index contributed by atoms with van der Waals surface area (Å²) >= 11 is -1.45. The van der Waals surface area contributed by atoms with Crippen LogP contribution in [0.2, 0.25) is 0 Å². The Morgan fingerprint density at radius 2 is 2.00 bits per heavy atom. The molecule has 15 nitrogen and oxygen atoms in total. The van der Waals surface area contributed by atoms with E-state index in [2.05, 4.69) is 19.8 Å². The summed E-state index contributed by atoms with van der Waals surface area (Å²) in [5.41, 5.74) is 1.95. The Bertz CT molecular complexity index is 1520. The number of aromatic nitrogens is 4. The minimum atomic E-state index is -1.45. The number of benzene rings is 1. The number of carbonyl (C=O) groups excluding carboxylic acids is 1. The fourth-order valence-electron chi connectivity index (χ4n) is 5.09. The van der Waals surface area contributed by atoms with Crippen molar-refractivity contribution in [3.05, 3.63) is 44.4 Å². The topological polar surface area (TPSA) is 181 Å². The molecular weight excluding hydrogens is 606 g/mol. The average Bonchev–Trinajstić information content (AvgIpc) is 3.29. The molecule has 1 aromatic carbocycles. The molecule has 0 radical (unpaired) electrons. The van der Waals surface area contributed by atoms with Gasteiger partial charge in [0.05, 0.1) is 48.9 Å². The molecule has 246 valence electrons. The number of ether oxygens (including phenoxy) is 2. The highest BCUT2D eigenvalue weighted by Gasteiger charge is 2.39. The van der Waals surface area contributed by atoms with E-state index < -0.39 is 16.4 Å². The SMILES string of the molecule is CCCc1nn(C)c2c(=O)[nH]c(-c3cc([S+]([O-])N4CC(N(C)CCOC(=O)CCCCCO[N+](=O)[O-])C4)ccc3OCC)nc12. The fraction of sp³-hybridized carbons (Fsp3) is 0.586. The van der Waals surface area contributed by atoms with E-state index in [1.54, 1.807) is 29.9 Å². The van der Waals surface area contributed by atoms with Crippen LogP contribution < -0.4 is 10.3 Å². The van der Waals surface area contributed by atoms with Crippen LogP contribution in [0.25, 0.3) is 22.4 Å². The van der Waals surface area contributed by atoms with Crippen molar-refractivity contribution in [2.75, 3.05) is 46.5 Å². The van der Waals surface area contributed by atoms with Crippen molar-refractivity contribution in [1.82, 2.24) is 29.0 Å². The molecule has 2 aromatic heterocycles. The van der Waals surface area contributed by atoms with Crippen molar-refractivity contribution in [2.24, 2.45) is 7.05 Å². The number of esters is 1. The molecule has 1 saturated heterocycles. The van der Waals surface area contributed by atoms with Gasteiger partial charge in [0.1, 0.15) is 23.7 Å². The van der Waals surface area contributed by atoms with Gasteiger partial charge in [0.2, 0.25) is 0 Å². The maximum atomic E-state index is 13.5. The Morgan fingerprint density at radius 1 is 1.22 bits per heavy atom. The number of rotatable bonds is 18. The second-order valence-electron chi connectivity index (χ2n) is 10.8. The number of hydrogen-bond acceptors (Lipinski definition) is 12. The number of hydrogen-bond donors (Lipinski definition) is 1. The first-order chi connectivity index (χ1) is 21.6. The van der Waals surface area contributed by atoms with Crippen molar-refractivity contribution >= 4 is 28.4 Å². The summed E-state index contributed by atoms with van der Waals surface area (Å²) in [6.45, 7) is 6.27. The molecule has 0 saturated carbocycles.